The molecule has 0 saturated carbocycles. The lowest BCUT2D eigenvalue weighted by Gasteiger charge is -2.29. The van der Waals surface area contributed by atoms with E-state index in [1.807, 2.05) is 60.7 Å². The summed E-state index contributed by atoms with van der Waals surface area (Å²) in [6.45, 7) is 0.364. The van der Waals surface area contributed by atoms with Crippen LogP contribution in [0, 0.1) is 12.3 Å². The van der Waals surface area contributed by atoms with Gasteiger partial charge < -0.3 is 19.3 Å². The highest BCUT2D eigenvalue weighted by atomic mass is 16.6. The van der Waals surface area contributed by atoms with Crippen molar-refractivity contribution < 1.29 is 19.3 Å². The summed E-state index contributed by atoms with van der Waals surface area (Å²) in [5.41, 5.74) is -0.936. The van der Waals surface area contributed by atoms with E-state index in [1.54, 1.807) is 0 Å². The summed E-state index contributed by atoms with van der Waals surface area (Å²) in [6.07, 6.45) is 3.66. The molecule has 0 bridgehead atoms. The minimum absolute atomic E-state index is 0.0798. The summed E-state index contributed by atoms with van der Waals surface area (Å²) in [5.74, 6) is 2.59. The zero-order chi connectivity index (χ0) is 23.3. The van der Waals surface area contributed by atoms with Crippen LogP contribution < -0.4 is 11.2 Å². The zero-order valence-electron chi connectivity index (χ0n) is 17.8. The van der Waals surface area contributed by atoms with E-state index >= 15 is 0 Å². The molecular weight excluding hydrogens is 424 g/mol. The number of nitrogens with one attached hydrogen (secondary N) is 1. The van der Waals surface area contributed by atoms with Gasteiger partial charge in [0.1, 0.15) is 12.2 Å². The third-order valence-corrected chi connectivity index (χ3v) is 5.46. The molecule has 8 heteroatoms. The molecule has 4 rings (SSSR count). The van der Waals surface area contributed by atoms with E-state index in [0.29, 0.717) is 0 Å². The topological polar surface area (TPSA) is 103 Å². The Morgan fingerprint density at radius 1 is 1.03 bits per heavy atom. The van der Waals surface area contributed by atoms with E-state index in [9.17, 15) is 14.7 Å². The molecule has 8 nitrogen and oxygen atoms in total. The Hall–Kier alpha value is -3.48. The molecule has 0 aliphatic carbocycles. The molecule has 1 saturated heterocycles. The van der Waals surface area contributed by atoms with Crippen molar-refractivity contribution in [1.82, 2.24) is 9.55 Å². The van der Waals surface area contributed by atoms with Crippen LogP contribution in [-0.2, 0) is 27.4 Å². The Kier molecular flexibility index (Phi) is 6.87. The van der Waals surface area contributed by atoms with Gasteiger partial charge in [0.05, 0.1) is 19.8 Å². The molecule has 1 aromatic heterocycles. The molecule has 2 heterocycles. The maximum Gasteiger partial charge on any atom is 0.330 e. The molecule has 1 fully saturated rings. The van der Waals surface area contributed by atoms with Gasteiger partial charge in [-0.3, -0.25) is 14.3 Å². The molecular formula is C25H24N2O6. The fraction of sp³-hybridized carbons (Fsp3) is 0.280. The minimum Gasteiger partial charge on any atom is -0.386 e. The number of aromatic nitrogens is 2. The molecule has 3 aromatic rings. The number of nitrogens with zero attached hydrogens (tertiary/aromatic N) is 1. The zero-order valence-corrected chi connectivity index (χ0v) is 17.8. The van der Waals surface area contributed by atoms with Gasteiger partial charge in [0, 0.05) is 12.3 Å². The highest BCUT2D eigenvalue weighted by Gasteiger charge is 2.56. The smallest absolute Gasteiger partial charge is 0.330 e. The average Bonchev–Trinajstić information content (AvgIpc) is 3.10. The summed E-state index contributed by atoms with van der Waals surface area (Å²) in [7, 11) is 0. The second-order valence-electron chi connectivity index (χ2n) is 7.75. The van der Waals surface area contributed by atoms with Gasteiger partial charge in [-0.25, -0.2) is 4.79 Å². The van der Waals surface area contributed by atoms with Crippen molar-refractivity contribution in [3.63, 3.8) is 0 Å². The third-order valence-electron chi connectivity index (χ3n) is 5.46. The van der Waals surface area contributed by atoms with Gasteiger partial charge >= 0.3 is 5.69 Å². The van der Waals surface area contributed by atoms with Crippen molar-refractivity contribution >= 4 is 0 Å². The van der Waals surface area contributed by atoms with Gasteiger partial charge in [-0.1, -0.05) is 66.6 Å². The van der Waals surface area contributed by atoms with E-state index in [0.717, 1.165) is 15.7 Å². The third kappa shape index (κ3) is 4.97. The summed E-state index contributed by atoms with van der Waals surface area (Å²) < 4.78 is 19.0. The number of ether oxygens (including phenoxy) is 3. The molecule has 0 amide bonds. The first-order valence-electron chi connectivity index (χ1n) is 10.4. The van der Waals surface area contributed by atoms with Gasteiger partial charge in [-0.15, -0.1) is 6.42 Å². The predicted molar refractivity (Wildman–Crippen MR) is 120 cm³/mol. The first kappa shape index (κ1) is 22.7. The molecule has 1 aliphatic rings. The van der Waals surface area contributed by atoms with Crippen molar-refractivity contribution in [2.75, 3.05) is 6.61 Å². The number of aliphatic hydroxyl groups excluding tert-OH is 1. The fourth-order valence-electron chi connectivity index (χ4n) is 3.79. The fourth-order valence-corrected chi connectivity index (χ4v) is 3.79. The van der Waals surface area contributed by atoms with E-state index in [2.05, 4.69) is 10.9 Å². The Labute approximate surface area is 190 Å². The SMILES string of the molecule is C#C[C@]1(COCc2ccccc2)O[C@@H](n2ccc(=O)[nH]c2=O)[C@H](O)[C@@H]1OCc1ccccc1. The van der Waals surface area contributed by atoms with Crippen LogP contribution in [-0.4, -0.2) is 39.1 Å². The highest BCUT2D eigenvalue weighted by Crippen LogP contribution is 2.39. The molecule has 4 atom stereocenters. The minimum atomic E-state index is -1.47. The summed E-state index contributed by atoms with van der Waals surface area (Å²) in [6, 6.07) is 20.1. The van der Waals surface area contributed by atoms with E-state index in [4.69, 9.17) is 20.6 Å². The molecule has 2 aromatic carbocycles. The van der Waals surface area contributed by atoms with Crippen LogP contribution in [0.5, 0.6) is 0 Å². The van der Waals surface area contributed by atoms with Crippen LogP contribution in [0.3, 0.4) is 0 Å². The Bertz CT molecular complexity index is 1220. The molecule has 170 valence electrons. The number of aromatic amines is 1. The van der Waals surface area contributed by atoms with Crippen LogP contribution in [0.4, 0.5) is 0 Å². The second kappa shape index (κ2) is 9.98. The average molecular weight is 448 g/mol. The number of terminal acetylenes is 1. The Morgan fingerprint density at radius 2 is 1.67 bits per heavy atom. The monoisotopic (exact) mass is 448 g/mol. The van der Waals surface area contributed by atoms with E-state index in [1.165, 1.54) is 12.3 Å². The molecule has 0 spiro atoms. The van der Waals surface area contributed by atoms with Crippen LogP contribution in [0.15, 0.2) is 82.5 Å². The predicted octanol–water partition coefficient (Wildman–Crippen LogP) is 1.60. The number of aliphatic hydroxyl groups is 1. The normalized spacial score (nSPS) is 24.4. The number of hydrogen-bond acceptors (Lipinski definition) is 6. The number of rotatable bonds is 8. The van der Waals surface area contributed by atoms with Crippen LogP contribution >= 0.6 is 0 Å². The summed E-state index contributed by atoms with van der Waals surface area (Å²) >= 11 is 0. The maximum absolute atomic E-state index is 12.3. The molecule has 33 heavy (non-hydrogen) atoms. The Morgan fingerprint density at radius 3 is 2.27 bits per heavy atom. The largest absolute Gasteiger partial charge is 0.386 e. The van der Waals surface area contributed by atoms with Crippen molar-refractivity contribution in [2.45, 2.75) is 37.3 Å². The molecule has 0 unspecified atom stereocenters. The van der Waals surface area contributed by atoms with Crippen molar-refractivity contribution in [1.29, 1.82) is 0 Å². The van der Waals surface area contributed by atoms with Crippen molar-refractivity contribution in [3.8, 4) is 12.3 Å². The van der Waals surface area contributed by atoms with Crippen LogP contribution in [0.25, 0.3) is 0 Å². The van der Waals surface area contributed by atoms with E-state index < -0.39 is 35.3 Å². The van der Waals surface area contributed by atoms with Gasteiger partial charge in [0.2, 0.25) is 0 Å². The summed E-state index contributed by atoms with van der Waals surface area (Å²) in [4.78, 5) is 26.0. The van der Waals surface area contributed by atoms with E-state index in [-0.39, 0.29) is 19.8 Å². The van der Waals surface area contributed by atoms with Crippen LogP contribution in [0.1, 0.15) is 17.4 Å². The van der Waals surface area contributed by atoms with Crippen molar-refractivity contribution in [2.24, 2.45) is 0 Å². The second-order valence-corrected chi connectivity index (χ2v) is 7.75. The first-order chi connectivity index (χ1) is 16.0. The van der Waals surface area contributed by atoms with Crippen LogP contribution in [0.2, 0.25) is 0 Å². The molecule has 1 aliphatic heterocycles. The quantitative estimate of drug-likeness (QED) is 0.508. The molecule has 2 N–H and O–H groups in total. The Balaban J connectivity index is 1.60. The van der Waals surface area contributed by atoms with Gasteiger partial charge in [0.25, 0.3) is 5.56 Å². The highest BCUT2D eigenvalue weighted by molar-refractivity contribution is 5.21. The lowest BCUT2D eigenvalue weighted by molar-refractivity contribution is -0.124. The number of benzene rings is 2. The number of H-pyrrole nitrogens is 1. The maximum atomic E-state index is 12.3. The lowest BCUT2D eigenvalue weighted by Crippen LogP contribution is -2.47. The van der Waals surface area contributed by atoms with Gasteiger partial charge in [0.15, 0.2) is 11.8 Å². The van der Waals surface area contributed by atoms with Gasteiger partial charge in [-0.05, 0) is 11.1 Å². The lowest BCUT2D eigenvalue weighted by atomic mass is 9.96. The van der Waals surface area contributed by atoms with Crippen molar-refractivity contribution in [3.05, 3.63) is 105 Å². The number of hydrogen-bond donors (Lipinski definition) is 2. The van der Waals surface area contributed by atoms with Gasteiger partial charge in [-0.2, -0.15) is 0 Å². The molecule has 0 radical (unpaired) electrons. The standard InChI is InChI=1S/C25H24N2O6/c1-2-25(17-31-15-18-9-5-3-6-10-18)22(32-16-19-11-7-4-8-12-19)21(29)23(33-25)27-14-13-20(28)26-24(27)30/h1,3-14,21-23,29H,15-17H2,(H,26,28,30)/t21-,22+,23-,25-/m1/s1. The summed E-state index contributed by atoms with van der Waals surface area (Å²) in [5, 5.41) is 11.1. The first-order valence-corrected chi connectivity index (χ1v) is 10.4.